The van der Waals surface area contributed by atoms with Gasteiger partial charge in [-0.1, -0.05) is 24.3 Å². The highest BCUT2D eigenvalue weighted by molar-refractivity contribution is 7.12. The molecule has 1 N–H and O–H groups in total. The number of para-hydroxylation sites is 1. The molecule has 0 radical (unpaired) electrons. The van der Waals surface area contributed by atoms with E-state index in [1.807, 2.05) is 47.8 Å². The standard InChI is InChI=1S/C17H18N2O2S/c20-16(18-14-7-2-1-3-8-14)13-6-4-10-19(12-13)17(21)15-9-5-11-22-15/h1-3,5,7-9,11,13H,4,6,10,12H2,(H,18,20). The molecule has 0 bridgehead atoms. The van der Waals surface area contributed by atoms with Crippen LogP contribution in [0.15, 0.2) is 47.8 Å². The summed E-state index contributed by atoms with van der Waals surface area (Å²) in [7, 11) is 0. The zero-order chi connectivity index (χ0) is 15.4. The number of benzene rings is 1. The van der Waals surface area contributed by atoms with Gasteiger partial charge in [-0.05, 0) is 36.4 Å². The van der Waals surface area contributed by atoms with Crippen molar-refractivity contribution in [2.45, 2.75) is 12.8 Å². The highest BCUT2D eigenvalue weighted by atomic mass is 32.1. The number of anilines is 1. The van der Waals surface area contributed by atoms with Crippen LogP contribution in [0.25, 0.3) is 0 Å². The summed E-state index contributed by atoms with van der Waals surface area (Å²) in [4.78, 5) is 27.3. The van der Waals surface area contributed by atoms with Gasteiger partial charge < -0.3 is 10.2 Å². The topological polar surface area (TPSA) is 49.4 Å². The van der Waals surface area contributed by atoms with E-state index in [2.05, 4.69) is 5.32 Å². The number of thiophene rings is 1. The van der Waals surface area contributed by atoms with Gasteiger partial charge in [-0.25, -0.2) is 0 Å². The minimum atomic E-state index is -0.141. The lowest BCUT2D eigenvalue weighted by Crippen LogP contribution is -2.43. The van der Waals surface area contributed by atoms with Crippen molar-refractivity contribution in [2.24, 2.45) is 5.92 Å². The van der Waals surface area contributed by atoms with Crippen LogP contribution in [0.1, 0.15) is 22.5 Å². The fourth-order valence-electron chi connectivity index (χ4n) is 2.70. The summed E-state index contributed by atoms with van der Waals surface area (Å²) < 4.78 is 0. The third-order valence-electron chi connectivity index (χ3n) is 3.85. The van der Waals surface area contributed by atoms with Gasteiger partial charge in [0, 0.05) is 18.8 Å². The first-order valence-corrected chi connectivity index (χ1v) is 8.30. The highest BCUT2D eigenvalue weighted by Crippen LogP contribution is 2.21. The molecule has 1 unspecified atom stereocenters. The fourth-order valence-corrected chi connectivity index (χ4v) is 3.39. The summed E-state index contributed by atoms with van der Waals surface area (Å²) in [6.07, 6.45) is 1.69. The van der Waals surface area contributed by atoms with Crippen molar-refractivity contribution in [1.29, 1.82) is 0 Å². The van der Waals surface area contributed by atoms with Crippen molar-refractivity contribution in [1.82, 2.24) is 4.90 Å². The molecular formula is C17H18N2O2S. The fraction of sp³-hybridized carbons (Fsp3) is 0.294. The number of nitrogens with zero attached hydrogens (tertiary/aromatic N) is 1. The van der Waals surface area contributed by atoms with Crippen LogP contribution in [0, 0.1) is 5.92 Å². The molecule has 5 heteroatoms. The molecule has 0 aliphatic carbocycles. The molecule has 1 fully saturated rings. The minimum Gasteiger partial charge on any atom is -0.337 e. The van der Waals surface area contributed by atoms with E-state index in [0.717, 1.165) is 30.0 Å². The predicted molar refractivity (Wildman–Crippen MR) is 88.0 cm³/mol. The SMILES string of the molecule is O=C(Nc1ccccc1)C1CCCN(C(=O)c2cccs2)C1. The molecule has 0 spiro atoms. The van der Waals surface area contributed by atoms with Crippen LogP contribution in [0.4, 0.5) is 5.69 Å². The Bertz CT molecular complexity index is 640. The number of amides is 2. The number of rotatable bonds is 3. The van der Waals surface area contributed by atoms with Gasteiger partial charge >= 0.3 is 0 Å². The first-order chi connectivity index (χ1) is 10.7. The number of likely N-dealkylation sites (tertiary alicyclic amines) is 1. The lowest BCUT2D eigenvalue weighted by atomic mass is 9.97. The van der Waals surface area contributed by atoms with Crippen LogP contribution >= 0.6 is 11.3 Å². The zero-order valence-electron chi connectivity index (χ0n) is 12.2. The first-order valence-electron chi connectivity index (χ1n) is 7.43. The van der Waals surface area contributed by atoms with Crippen molar-refractivity contribution in [3.63, 3.8) is 0 Å². The van der Waals surface area contributed by atoms with Crippen LogP contribution in [-0.4, -0.2) is 29.8 Å². The number of carbonyl (C=O) groups excluding carboxylic acids is 2. The molecule has 1 aliphatic heterocycles. The van der Waals surface area contributed by atoms with Crippen molar-refractivity contribution in [2.75, 3.05) is 18.4 Å². The summed E-state index contributed by atoms with van der Waals surface area (Å²) in [5.74, 6) is -0.111. The monoisotopic (exact) mass is 314 g/mol. The maximum atomic E-state index is 12.4. The largest absolute Gasteiger partial charge is 0.337 e. The minimum absolute atomic E-state index is 0.00474. The molecule has 1 aromatic heterocycles. The van der Waals surface area contributed by atoms with E-state index in [1.54, 1.807) is 4.90 Å². The smallest absolute Gasteiger partial charge is 0.263 e. The number of hydrogen-bond donors (Lipinski definition) is 1. The third-order valence-corrected chi connectivity index (χ3v) is 4.71. The molecule has 1 aromatic carbocycles. The summed E-state index contributed by atoms with van der Waals surface area (Å²) >= 11 is 1.45. The normalized spacial score (nSPS) is 18.0. The van der Waals surface area contributed by atoms with Gasteiger partial charge in [0.25, 0.3) is 5.91 Å². The van der Waals surface area contributed by atoms with Crippen LogP contribution in [-0.2, 0) is 4.79 Å². The van der Waals surface area contributed by atoms with E-state index in [0.29, 0.717) is 6.54 Å². The Morgan fingerprint density at radius 3 is 2.68 bits per heavy atom. The average molecular weight is 314 g/mol. The molecule has 1 atom stereocenters. The lowest BCUT2D eigenvalue weighted by molar-refractivity contribution is -0.121. The van der Waals surface area contributed by atoms with Crippen LogP contribution < -0.4 is 5.32 Å². The predicted octanol–water partition coefficient (Wildman–Crippen LogP) is 3.24. The van der Waals surface area contributed by atoms with Gasteiger partial charge in [-0.3, -0.25) is 9.59 Å². The molecular weight excluding hydrogens is 296 g/mol. The van der Waals surface area contributed by atoms with E-state index in [-0.39, 0.29) is 17.7 Å². The van der Waals surface area contributed by atoms with Crippen LogP contribution in [0.3, 0.4) is 0 Å². The molecule has 3 rings (SSSR count). The molecule has 2 amide bonds. The molecule has 22 heavy (non-hydrogen) atoms. The second kappa shape index (κ2) is 6.75. The third kappa shape index (κ3) is 3.36. The number of nitrogens with one attached hydrogen (secondary N) is 1. The zero-order valence-corrected chi connectivity index (χ0v) is 13.0. The van der Waals surface area contributed by atoms with Gasteiger partial charge in [0.05, 0.1) is 10.8 Å². The number of carbonyl (C=O) groups is 2. The van der Waals surface area contributed by atoms with Gasteiger partial charge in [-0.2, -0.15) is 0 Å². The highest BCUT2D eigenvalue weighted by Gasteiger charge is 2.29. The van der Waals surface area contributed by atoms with Crippen LogP contribution in [0.2, 0.25) is 0 Å². The van der Waals surface area contributed by atoms with Gasteiger partial charge in [0.15, 0.2) is 0 Å². The maximum Gasteiger partial charge on any atom is 0.263 e. The Labute approximate surface area is 133 Å². The van der Waals surface area contributed by atoms with Crippen LogP contribution in [0.5, 0.6) is 0 Å². The summed E-state index contributed by atoms with van der Waals surface area (Å²) in [5.41, 5.74) is 0.800. The second-order valence-electron chi connectivity index (χ2n) is 5.42. The van der Waals surface area contributed by atoms with Crippen molar-refractivity contribution >= 4 is 28.8 Å². The average Bonchev–Trinajstić information content (AvgIpc) is 3.09. The Hall–Kier alpha value is -2.14. The van der Waals surface area contributed by atoms with Crippen molar-refractivity contribution < 1.29 is 9.59 Å². The summed E-state index contributed by atoms with van der Waals surface area (Å²) in [6.45, 7) is 1.22. The number of piperidine rings is 1. The Morgan fingerprint density at radius 2 is 1.95 bits per heavy atom. The summed E-state index contributed by atoms with van der Waals surface area (Å²) in [6, 6.07) is 13.1. The molecule has 0 saturated carbocycles. The van der Waals surface area contributed by atoms with E-state index in [4.69, 9.17) is 0 Å². The molecule has 1 aliphatic rings. The second-order valence-corrected chi connectivity index (χ2v) is 6.37. The molecule has 114 valence electrons. The summed E-state index contributed by atoms with van der Waals surface area (Å²) in [5, 5.41) is 4.83. The van der Waals surface area contributed by atoms with Gasteiger partial charge in [0.2, 0.25) is 5.91 Å². The number of hydrogen-bond acceptors (Lipinski definition) is 3. The maximum absolute atomic E-state index is 12.4. The quantitative estimate of drug-likeness (QED) is 0.945. The molecule has 2 aromatic rings. The van der Waals surface area contributed by atoms with Crippen molar-refractivity contribution in [3.8, 4) is 0 Å². The van der Waals surface area contributed by atoms with E-state index < -0.39 is 0 Å². The van der Waals surface area contributed by atoms with Gasteiger partial charge in [0.1, 0.15) is 0 Å². The lowest BCUT2D eigenvalue weighted by Gasteiger charge is -2.31. The Kier molecular flexibility index (Phi) is 4.53. The van der Waals surface area contributed by atoms with E-state index in [9.17, 15) is 9.59 Å². The van der Waals surface area contributed by atoms with Crippen molar-refractivity contribution in [3.05, 3.63) is 52.7 Å². The van der Waals surface area contributed by atoms with E-state index in [1.165, 1.54) is 11.3 Å². The Balaban J connectivity index is 1.63. The molecule has 2 heterocycles. The van der Waals surface area contributed by atoms with Gasteiger partial charge in [-0.15, -0.1) is 11.3 Å². The first kappa shape index (κ1) is 14.8. The Morgan fingerprint density at radius 1 is 1.14 bits per heavy atom. The van der Waals surface area contributed by atoms with E-state index >= 15 is 0 Å². The molecule has 4 nitrogen and oxygen atoms in total. The molecule has 1 saturated heterocycles.